The molecule has 8 nitrogen and oxygen atoms in total. The number of amides is 1. The highest BCUT2D eigenvalue weighted by Crippen LogP contribution is 2.34. The first-order chi connectivity index (χ1) is 14.9. The largest absolute Gasteiger partial charge is 0.493 e. The lowest BCUT2D eigenvalue weighted by Gasteiger charge is -2.13. The fourth-order valence-electron chi connectivity index (χ4n) is 2.63. The average Bonchev–Trinajstić information content (AvgIpc) is 3.20. The molecule has 0 aromatic heterocycles. The lowest BCUT2D eigenvalue weighted by atomic mass is 10.2. The van der Waals surface area contributed by atoms with Crippen LogP contribution >= 0.6 is 0 Å². The maximum absolute atomic E-state index is 12.4. The molecule has 0 radical (unpaired) electrons. The van der Waals surface area contributed by atoms with Gasteiger partial charge in [0, 0.05) is 17.8 Å². The van der Waals surface area contributed by atoms with E-state index in [1.165, 1.54) is 38.3 Å². The van der Waals surface area contributed by atoms with E-state index < -0.39 is 24.6 Å². The number of methoxy groups -OCH3 is 1. The van der Waals surface area contributed by atoms with Gasteiger partial charge in [-0.3, -0.25) is 4.79 Å². The van der Waals surface area contributed by atoms with E-state index in [0.717, 1.165) is 6.08 Å². The Labute approximate surface area is 176 Å². The van der Waals surface area contributed by atoms with Crippen LogP contribution in [-0.2, 0) is 14.3 Å². The van der Waals surface area contributed by atoms with Crippen LogP contribution in [0.25, 0.3) is 6.08 Å². The Hall–Kier alpha value is -3.82. The minimum absolute atomic E-state index is 0.0762. The molecule has 10 heteroatoms. The van der Waals surface area contributed by atoms with Crippen LogP contribution in [-0.4, -0.2) is 38.5 Å². The first-order valence-electron chi connectivity index (χ1n) is 9.08. The average molecular weight is 435 g/mol. The number of benzene rings is 2. The van der Waals surface area contributed by atoms with Crippen LogP contribution in [0.3, 0.4) is 0 Å². The number of nitrogens with one attached hydrogen (secondary N) is 1. The highest BCUT2D eigenvalue weighted by molar-refractivity contribution is 5.96. The van der Waals surface area contributed by atoms with Crippen molar-refractivity contribution in [3.63, 3.8) is 0 Å². The molecule has 0 saturated carbocycles. The zero-order chi connectivity index (χ0) is 22.4. The number of esters is 1. The quantitative estimate of drug-likeness (QED) is 0.500. The third-order valence-electron chi connectivity index (χ3n) is 4.12. The van der Waals surface area contributed by atoms with Gasteiger partial charge in [-0.25, -0.2) is 4.79 Å². The minimum atomic E-state index is -2.99. The Bertz CT molecular complexity index is 994. The summed E-state index contributed by atoms with van der Waals surface area (Å²) in [6.45, 7) is -1.45. The van der Waals surface area contributed by atoms with E-state index in [4.69, 9.17) is 18.9 Å². The van der Waals surface area contributed by atoms with Gasteiger partial charge in [-0.05, 0) is 42.8 Å². The number of fused-ring (bicyclic) bond motifs is 1. The molecule has 1 heterocycles. The number of ether oxygens (including phenoxy) is 5. The fraction of sp³-hybridized carbons (Fsp3) is 0.238. The van der Waals surface area contributed by atoms with E-state index in [1.54, 1.807) is 18.2 Å². The molecule has 0 saturated heterocycles. The second-order valence-corrected chi connectivity index (χ2v) is 6.26. The molecule has 1 amide bonds. The van der Waals surface area contributed by atoms with Crippen molar-refractivity contribution >= 4 is 23.6 Å². The van der Waals surface area contributed by atoms with Crippen molar-refractivity contribution in [1.82, 2.24) is 0 Å². The highest BCUT2D eigenvalue weighted by Gasteiger charge is 2.19. The topological polar surface area (TPSA) is 92.3 Å². The van der Waals surface area contributed by atoms with E-state index in [1.807, 2.05) is 0 Å². The SMILES string of the molecule is COc1cc(/C=C/C(=O)OC(C)C(=O)Nc2ccc3c(c2)OCO3)ccc1OC(F)F. The highest BCUT2D eigenvalue weighted by atomic mass is 19.3. The zero-order valence-corrected chi connectivity index (χ0v) is 16.6. The van der Waals surface area contributed by atoms with Crippen molar-refractivity contribution in [3.05, 3.63) is 48.0 Å². The summed E-state index contributed by atoms with van der Waals surface area (Å²) in [6, 6.07) is 9.05. The summed E-state index contributed by atoms with van der Waals surface area (Å²) in [4.78, 5) is 24.3. The summed E-state index contributed by atoms with van der Waals surface area (Å²) in [7, 11) is 1.30. The summed E-state index contributed by atoms with van der Waals surface area (Å²) < 4.78 is 49.6. The van der Waals surface area contributed by atoms with Crippen molar-refractivity contribution in [3.8, 4) is 23.0 Å². The second kappa shape index (κ2) is 9.79. The van der Waals surface area contributed by atoms with Crippen LogP contribution in [0.15, 0.2) is 42.5 Å². The molecule has 0 spiro atoms. The molecule has 31 heavy (non-hydrogen) atoms. The van der Waals surface area contributed by atoms with Gasteiger partial charge in [-0.1, -0.05) is 6.07 Å². The van der Waals surface area contributed by atoms with Gasteiger partial charge >= 0.3 is 12.6 Å². The van der Waals surface area contributed by atoms with Gasteiger partial charge in [-0.2, -0.15) is 8.78 Å². The first kappa shape index (κ1) is 21.9. The molecule has 2 aromatic carbocycles. The standard InChI is InChI=1S/C21H19F2NO7/c1-12(20(26)24-14-5-7-15-18(10-14)29-11-28-15)30-19(25)8-4-13-3-6-16(31-21(22)23)17(9-13)27-2/h3-10,12,21H,11H2,1-2H3,(H,24,26)/b8-4+. The number of anilines is 1. The van der Waals surface area contributed by atoms with Gasteiger partial charge in [0.1, 0.15) is 0 Å². The van der Waals surface area contributed by atoms with E-state index in [-0.39, 0.29) is 18.3 Å². The minimum Gasteiger partial charge on any atom is -0.493 e. The Balaban J connectivity index is 1.55. The van der Waals surface area contributed by atoms with Crippen LogP contribution in [0.2, 0.25) is 0 Å². The van der Waals surface area contributed by atoms with Gasteiger partial charge in [0.2, 0.25) is 6.79 Å². The van der Waals surface area contributed by atoms with Gasteiger partial charge in [0.25, 0.3) is 5.91 Å². The summed E-state index contributed by atoms with van der Waals surface area (Å²) in [5, 5.41) is 2.62. The molecular weight excluding hydrogens is 416 g/mol. The van der Waals surface area contributed by atoms with E-state index in [2.05, 4.69) is 10.1 Å². The van der Waals surface area contributed by atoms with Crippen LogP contribution in [0.5, 0.6) is 23.0 Å². The van der Waals surface area contributed by atoms with Crippen LogP contribution in [0.4, 0.5) is 14.5 Å². The fourth-order valence-corrected chi connectivity index (χ4v) is 2.63. The normalized spacial score (nSPS) is 13.2. The molecule has 2 aromatic rings. The summed E-state index contributed by atoms with van der Waals surface area (Å²) >= 11 is 0. The maximum atomic E-state index is 12.4. The summed E-state index contributed by atoms with van der Waals surface area (Å²) in [6.07, 6.45) is 1.42. The second-order valence-electron chi connectivity index (χ2n) is 6.26. The first-order valence-corrected chi connectivity index (χ1v) is 9.08. The number of rotatable bonds is 8. The number of carbonyl (C=O) groups is 2. The molecule has 0 bridgehead atoms. The molecule has 1 atom stereocenters. The molecule has 0 fully saturated rings. The molecule has 3 rings (SSSR count). The van der Waals surface area contributed by atoms with E-state index >= 15 is 0 Å². The van der Waals surface area contributed by atoms with Crippen molar-refractivity contribution in [2.75, 3.05) is 19.2 Å². The zero-order valence-electron chi connectivity index (χ0n) is 16.6. The van der Waals surface area contributed by atoms with E-state index in [9.17, 15) is 18.4 Å². The van der Waals surface area contributed by atoms with Gasteiger partial charge in [0.05, 0.1) is 7.11 Å². The Morgan fingerprint density at radius 3 is 2.61 bits per heavy atom. The van der Waals surface area contributed by atoms with Gasteiger partial charge in [-0.15, -0.1) is 0 Å². The summed E-state index contributed by atoms with van der Waals surface area (Å²) in [5.74, 6) is -0.270. The molecule has 0 aliphatic carbocycles. The van der Waals surface area contributed by atoms with Crippen LogP contribution in [0, 0.1) is 0 Å². The lowest BCUT2D eigenvalue weighted by molar-refractivity contribution is -0.148. The maximum Gasteiger partial charge on any atom is 0.387 e. The van der Waals surface area contributed by atoms with Crippen molar-refractivity contribution in [2.45, 2.75) is 19.6 Å². The number of halogens is 2. The third kappa shape index (κ3) is 5.84. The van der Waals surface area contributed by atoms with Crippen molar-refractivity contribution in [1.29, 1.82) is 0 Å². The molecular formula is C21H19F2NO7. The number of carbonyl (C=O) groups excluding carboxylic acids is 2. The van der Waals surface area contributed by atoms with Gasteiger partial charge < -0.3 is 29.0 Å². The van der Waals surface area contributed by atoms with Crippen LogP contribution in [0.1, 0.15) is 12.5 Å². The Kier molecular flexibility index (Phi) is 6.91. The smallest absolute Gasteiger partial charge is 0.387 e. The monoisotopic (exact) mass is 435 g/mol. The third-order valence-corrected chi connectivity index (χ3v) is 4.12. The number of hydrogen-bond acceptors (Lipinski definition) is 7. The molecule has 1 aliphatic heterocycles. The predicted molar refractivity (Wildman–Crippen MR) is 105 cm³/mol. The van der Waals surface area contributed by atoms with E-state index in [0.29, 0.717) is 22.7 Å². The molecule has 1 unspecified atom stereocenters. The lowest BCUT2D eigenvalue weighted by Crippen LogP contribution is -2.29. The molecule has 164 valence electrons. The summed E-state index contributed by atoms with van der Waals surface area (Å²) in [5.41, 5.74) is 0.943. The number of hydrogen-bond donors (Lipinski definition) is 1. The van der Waals surface area contributed by atoms with Crippen molar-refractivity contribution in [2.24, 2.45) is 0 Å². The van der Waals surface area contributed by atoms with Crippen LogP contribution < -0.4 is 24.3 Å². The Morgan fingerprint density at radius 1 is 1.10 bits per heavy atom. The molecule has 1 N–H and O–H groups in total. The van der Waals surface area contributed by atoms with Gasteiger partial charge in [0.15, 0.2) is 29.1 Å². The number of alkyl halides is 2. The molecule has 1 aliphatic rings. The van der Waals surface area contributed by atoms with Crippen molar-refractivity contribution < 1.29 is 42.1 Å². The Morgan fingerprint density at radius 2 is 1.87 bits per heavy atom. The predicted octanol–water partition coefficient (Wildman–Crippen LogP) is 3.61.